The normalized spacial score (nSPS) is 15.1. The van der Waals surface area contributed by atoms with Crippen molar-refractivity contribution < 1.29 is 0 Å². The molecule has 0 bridgehead atoms. The predicted octanol–water partition coefficient (Wildman–Crippen LogP) is 3.81. The number of hydrogen-bond donors (Lipinski definition) is 0. The minimum absolute atomic E-state index is 0.560. The number of allylic oxidation sites excluding steroid dienone is 2. The third kappa shape index (κ3) is 3.70. The Kier molecular flexibility index (Phi) is 4.87. The van der Waals surface area contributed by atoms with Crippen molar-refractivity contribution in [3.05, 3.63) is 11.3 Å². The summed E-state index contributed by atoms with van der Waals surface area (Å²) in [5.41, 5.74) is 3.79. The van der Waals surface area contributed by atoms with Crippen LogP contribution >= 0.6 is 0 Å². The number of hydrogen-bond acceptors (Lipinski definition) is 1. The minimum Gasteiger partial charge on any atom is -0.263 e. The van der Waals surface area contributed by atoms with Crippen molar-refractivity contribution in [3.8, 4) is 0 Å². The second kappa shape index (κ2) is 5.13. The van der Waals surface area contributed by atoms with Gasteiger partial charge in [0.15, 0.2) is 0 Å². The van der Waals surface area contributed by atoms with Crippen LogP contribution in [0, 0.1) is 5.92 Å². The molecule has 0 aliphatic rings. The smallest absolute Gasteiger partial charge is 0.0361 e. The van der Waals surface area contributed by atoms with E-state index in [0.29, 0.717) is 5.92 Å². The Morgan fingerprint density at radius 2 is 1.67 bits per heavy atom. The summed E-state index contributed by atoms with van der Waals surface area (Å²) < 4.78 is 0. The van der Waals surface area contributed by atoms with Gasteiger partial charge in [-0.15, -0.1) is 0 Å². The molecule has 0 rings (SSSR count). The Labute approximate surface area is 76.6 Å². The average Bonchev–Trinajstić information content (AvgIpc) is 2.02. The zero-order chi connectivity index (χ0) is 9.72. The zero-order valence-electron chi connectivity index (χ0n) is 9.23. The van der Waals surface area contributed by atoms with Gasteiger partial charge in [-0.1, -0.05) is 26.3 Å². The Morgan fingerprint density at radius 1 is 1.17 bits per heavy atom. The quantitative estimate of drug-likeness (QED) is 0.567. The second-order valence-corrected chi connectivity index (χ2v) is 3.63. The van der Waals surface area contributed by atoms with Gasteiger partial charge in [0.2, 0.25) is 0 Å². The van der Waals surface area contributed by atoms with E-state index in [9.17, 15) is 0 Å². The minimum atomic E-state index is 0.560. The summed E-state index contributed by atoms with van der Waals surface area (Å²) in [6.07, 6.45) is 1.10. The fourth-order valence-electron chi connectivity index (χ4n) is 0.745. The largest absolute Gasteiger partial charge is 0.263 e. The molecule has 0 aliphatic carbocycles. The van der Waals surface area contributed by atoms with Crippen LogP contribution in [0.3, 0.4) is 0 Å². The Morgan fingerprint density at radius 3 is 2.00 bits per heavy atom. The standard InChI is InChI=1S/C11H21N/c1-7-9(4)11(6)12-10(5)8(2)3/h8H,7H2,1-6H3/b11-9+,12-10+. The van der Waals surface area contributed by atoms with Crippen molar-refractivity contribution in [3.63, 3.8) is 0 Å². The van der Waals surface area contributed by atoms with Crippen LogP contribution in [-0.2, 0) is 0 Å². The number of nitrogens with zero attached hydrogens (tertiary/aromatic N) is 1. The molecule has 0 atom stereocenters. The molecule has 0 heterocycles. The number of aliphatic imine (C=N–C) groups is 1. The highest BCUT2D eigenvalue weighted by atomic mass is 14.7. The third-order valence-corrected chi connectivity index (χ3v) is 2.33. The van der Waals surface area contributed by atoms with Crippen LogP contribution in [-0.4, -0.2) is 5.71 Å². The van der Waals surface area contributed by atoms with Gasteiger partial charge >= 0.3 is 0 Å². The first kappa shape index (κ1) is 11.4. The molecule has 0 aromatic heterocycles. The van der Waals surface area contributed by atoms with Gasteiger partial charge in [0, 0.05) is 11.4 Å². The lowest BCUT2D eigenvalue weighted by Crippen LogP contribution is -2.01. The highest BCUT2D eigenvalue weighted by Crippen LogP contribution is 2.10. The van der Waals surface area contributed by atoms with E-state index in [0.717, 1.165) is 6.42 Å². The molecule has 1 heteroatoms. The third-order valence-electron chi connectivity index (χ3n) is 2.33. The summed E-state index contributed by atoms with van der Waals surface area (Å²) in [6, 6.07) is 0. The van der Waals surface area contributed by atoms with E-state index in [-0.39, 0.29) is 0 Å². The van der Waals surface area contributed by atoms with Gasteiger partial charge in [-0.2, -0.15) is 0 Å². The summed E-state index contributed by atoms with van der Waals surface area (Å²) in [5.74, 6) is 0.560. The fourth-order valence-corrected chi connectivity index (χ4v) is 0.745. The molecule has 70 valence electrons. The van der Waals surface area contributed by atoms with Gasteiger partial charge in [-0.3, -0.25) is 4.99 Å². The van der Waals surface area contributed by atoms with E-state index in [1.54, 1.807) is 0 Å². The van der Waals surface area contributed by atoms with Crippen molar-refractivity contribution in [2.45, 2.75) is 48.0 Å². The molecule has 1 nitrogen and oxygen atoms in total. The van der Waals surface area contributed by atoms with Crippen LogP contribution in [0.1, 0.15) is 48.0 Å². The Hall–Kier alpha value is -0.590. The van der Waals surface area contributed by atoms with Crippen LogP contribution in [0.2, 0.25) is 0 Å². The molecule has 0 unspecified atom stereocenters. The summed E-state index contributed by atoms with van der Waals surface area (Å²) in [7, 11) is 0. The monoisotopic (exact) mass is 167 g/mol. The maximum Gasteiger partial charge on any atom is 0.0361 e. The molecule has 12 heavy (non-hydrogen) atoms. The topological polar surface area (TPSA) is 12.4 Å². The maximum atomic E-state index is 4.54. The van der Waals surface area contributed by atoms with E-state index < -0.39 is 0 Å². The fraction of sp³-hybridized carbons (Fsp3) is 0.727. The first-order chi connectivity index (χ1) is 5.49. The van der Waals surface area contributed by atoms with Gasteiger partial charge in [0.1, 0.15) is 0 Å². The molecule has 0 N–H and O–H groups in total. The second-order valence-electron chi connectivity index (χ2n) is 3.63. The predicted molar refractivity (Wildman–Crippen MR) is 56.6 cm³/mol. The van der Waals surface area contributed by atoms with Gasteiger partial charge < -0.3 is 0 Å². The van der Waals surface area contributed by atoms with Crippen molar-refractivity contribution in [1.82, 2.24) is 0 Å². The highest BCUT2D eigenvalue weighted by molar-refractivity contribution is 5.84. The van der Waals surface area contributed by atoms with E-state index >= 15 is 0 Å². The lowest BCUT2D eigenvalue weighted by atomic mass is 10.1. The SMILES string of the molecule is CC/C(C)=C(C)/N=C(\C)C(C)C. The summed E-state index contributed by atoms with van der Waals surface area (Å²) in [6.45, 7) is 12.8. The van der Waals surface area contributed by atoms with E-state index in [4.69, 9.17) is 0 Å². The molecule has 0 saturated heterocycles. The van der Waals surface area contributed by atoms with Crippen LogP contribution in [0.4, 0.5) is 0 Å². The summed E-state index contributed by atoms with van der Waals surface area (Å²) in [5, 5.41) is 0. The van der Waals surface area contributed by atoms with Gasteiger partial charge in [-0.25, -0.2) is 0 Å². The molecular formula is C11H21N. The molecule has 0 spiro atoms. The average molecular weight is 167 g/mol. The Bertz CT molecular complexity index is 197. The van der Waals surface area contributed by atoms with Crippen LogP contribution in [0.25, 0.3) is 0 Å². The van der Waals surface area contributed by atoms with E-state index in [2.05, 4.69) is 46.5 Å². The maximum absolute atomic E-state index is 4.54. The van der Waals surface area contributed by atoms with Crippen molar-refractivity contribution >= 4 is 5.71 Å². The van der Waals surface area contributed by atoms with Gasteiger partial charge in [0.25, 0.3) is 0 Å². The first-order valence-corrected chi connectivity index (χ1v) is 4.70. The van der Waals surface area contributed by atoms with Crippen LogP contribution < -0.4 is 0 Å². The lowest BCUT2D eigenvalue weighted by molar-refractivity contribution is 0.872. The molecule has 0 amide bonds. The van der Waals surface area contributed by atoms with Crippen molar-refractivity contribution in [2.75, 3.05) is 0 Å². The summed E-state index contributed by atoms with van der Waals surface area (Å²) in [4.78, 5) is 4.54. The molecule has 0 aromatic carbocycles. The van der Waals surface area contributed by atoms with E-state index in [1.165, 1.54) is 17.0 Å². The first-order valence-electron chi connectivity index (χ1n) is 4.70. The van der Waals surface area contributed by atoms with Crippen LogP contribution in [0.15, 0.2) is 16.3 Å². The summed E-state index contributed by atoms with van der Waals surface area (Å²) >= 11 is 0. The highest BCUT2D eigenvalue weighted by Gasteiger charge is 1.98. The molecule has 0 aromatic rings. The van der Waals surface area contributed by atoms with Crippen molar-refractivity contribution in [1.29, 1.82) is 0 Å². The van der Waals surface area contributed by atoms with E-state index in [1.807, 2.05) is 0 Å². The molecule has 0 radical (unpaired) electrons. The molecule has 0 fully saturated rings. The zero-order valence-corrected chi connectivity index (χ0v) is 9.23. The lowest BCUT2D eigenvalue weighted by Gasteiger charge is -2.05. The number of rotatable bonds is 3. The molecule has 0 saturated carbocycles. The van der Waals surface area contributed by atoms with Gasteiger partial charge in [-0.05, 0) is 33.1 Å². The molecular weight excluding hydrogens is 146 g/mol. The Balaban J connectivity index is 4.53. The van der Waals surface area contributed by atoms with Crippen LogP contribution in [0.5, 0.6) is 0 Å². The van der Waals surface area contributed by atoms with Gasteiger partial charge in [0.05, 0.1) is 0 Å². The van der Waals surface area contributed by atoms with Crippen molar-refractivity contribution in [2.24, 2.45) is 10.9 Å². The molecule has 0 aliphatic heterocycles.